The van der Waals surface area contributed by atoms with E-state index in [1.54, 1.807) is 0 Å². The molecular weight excluding hydrogens is 258 g/mol. The zero-order valence-corrected chi connectivity index (χ0v) is 13.4. The number of aryl methyl sites for hydroxylation is 2. The van der Waals surface area contributed by atoms with Gasteiger partial charge in [0.15, 0.2) is 0 Å². The van der Waals surface area contributed by atoms with E-state index >= 15 is 0 Å². The monoisotopic (exact) mass is 283 g/mol. The predicted molar refractivity (Wildman–Crippen MR) is 88.4 cm³/mol. The average Bonchev–Trinajstić information content (AvgIpc) is 2.43. The number of nitrogens with zero attached hydrogens (tertiary/aromatic N) is 1. The first-order valence-electron chi connectivity index (χ1n) is 7.44. The Kier molecular flexibility index (Phi) is 5.16. The summed E-state index contributed by atoms with van der Waals surface area (Å²) in [4.78, 5) is 2.18. The largest absolute Gasteiger partial charge is 0.388 e. The van der Waals surface area contributed by atoms with E-state index < -0.39 is 6.10 Å². The lowest BCUT2D eigenvalue weighted by atomic mass is 9.92. The van der Waals surface area contributed by atoms with E-state index in [1.807, 2.05) is 30.3 Å². The molecule has 0 unspecified atom stereocenters. The summed E-state index contributed by atoms with van der Waals surface area (Å²) in [6.45, 7) is 5.18. The fourth-order valence-electron chi connectivity index (χ4n) is 2.81. The maximum atomic E-state index is 10.5. The molecule has 1 atom stereocenters. The van der Waals surface area contributed by atoms with Crippen molar-refractivity contribution in [2.24, 2.45) is 0 Å². The summed E-state index contributed by atoms with van der Waals surface area (Å²) in [5, 5.41) is 10.5. The first-order chi connectivity index (χ1) is 9.97. The molecule has 0 radical (unpaired) electrons. The van der Waals surface area contributed by atoms with Crippen molar-refractivity contribution in [2.75, 3.05) is 14.1 Å². The van der Waals surface area contributed by atoms with Crippen molar-refractivity contribution < 1.29 is 5.11 Å². The van der Waals surface area contributed by atoms with Gasteiger partial charge in [-0.2, -0.15) is 0 Å². The van der Waals surface area contributed by atoms with Gasteiger partial charge in [0.05, 0.1) is 6.10 Å². The lowest BCUT2D eigenvalue weighted by Crippen LogP contribution is -2.15. The fraction of sp³-hybridized carbons (Fsp3) is 0.368. The van der Waals surface area contributed by atoms with Gasteiger partial charge < -0.3 is 10.0 Å². The quantitative estimate of drug-likeness (QED) is 0.905. The molecule has 2 aromatic rings. The highest BCUT2D eigenvalue weighted by molar-refractivity contribution is 5.39. The molecular formula is C19H25NO. The molecule has 2 aromatic carbocycles. The predicted octanol–water partition coefficient (Wildman–Crippen LogP) is 3.64. The van der Waals surface area contributed by atoms with Crippen molar-refractivity contribution in [1.82, 2.24) is 4.90 Å². The Hall–Kier alpha value is -1.64. The van der Waals surface area contributed by atoms with Crippen LogP contribution in [0.3, 0.4) is 0 Å². The number of benzene rings is 2. The lowest BCUT2D eigenvalue weighted by Gasteiger charge is -2.20. The summed E-state index contributed by atoms with van der Waals surface area (Å²) in [6, 6.07) is 14.3. The summed E-state index contributed by atoms with van der Waals surface area (Å²) in [5.74, 6) is 0. The second-order valence-electron chi connectivity index (χ2n) is 6.09. The minimum atomic E-state index is -0.451. The van der Waals surface area contributed by atoms with E-state index in [0.29, 0.717) is 6.42 Å². The maximum Gasteiger partial charge on any atom is 0.0830 e. The second kappa shape index (κ2) is 6.88. The van der Waals surface area contributed by atoms with Gasteiger partial charge in [0, 0.05) is 13.0 Å². The van der Waals surface area contributed by atoms with Gasteiger partial charge in [-0.05, 0) is 50.2 Å². The minimum absolute atomic E-state index is 0.451. The fourth-order valence-corrected chi connectivity index (χ4v) is 2.81. The molecule has 2 rings (SSSR count). The summed E-state index contributed by atoms with van der Waals surface area (Å²) in [5.41, 5.74) is 6.12. The van der Waals surface area contributed by atoms with Crippen LogP contribution in [-0.2, 0) is 13.0 Å². The van der Waals surface area contributed by atoms with E-state index in [2.05, 4.69) is 45.0 Å². The highest BCUT2D eigenvalue weighted by Crippen LogP contribution is 2.24. The molecule has 0 spiro atoms. The second-order valence-corrected chi connectivity index (χ2v) is 6.09. The Morgan fingerprint density at radius 1 is 1.05 bits per heavy atom. The van der Waals surface area contributed by atoms with Crippen LogP contribution in [0.4, 0.5) is 0 Å². The van der Waals surface area contributed by atoms with Crippen molar-refractivity contribution in [1.29, 1.82) is 0 Å². The Labute approximate surface area is 128 Å². The molecule has 2 heteroatoms. The van der Waals surface area contributed by atoms with Gasteiger partial charge in [-0.3, -0.25) is 0 Å². The summed E-state index contributed by atoms with van der Waals surface area (Å²) in [7, 11) is 4.16. The smallest absolute Gasteiger partial charge is 0.0830 e. The third-order valence-corrected chi connectivity index (χ3v) is 3.78. The van der Waals surface area contributed by atoms with Crippen molar-refractivity contribution in [3.63, 3.8) is 0 Å². The third-order valence-electron chi connectivity index (χ3n) is 3.78. The summed E-state index contributed by atoms with van der Waals surface area (Å²) >= 11 is 0. The van der Waals surface area contributed by atoms with E-state index in [9.17, 15) is 5.11 Å². The Balaban J connectivity index is 2.30. The molecule has 21 heavy (non-hydrogen) atoms. The van der Waals surface area contributed by atoms with Gasteiger partial charge >= 0.3 is 0 Å². The normalized spacial score (nSPS) is 12.7. The van der Waals surface area contributed by atoms with Crippen LogP contribution in [0.5, 0.6) is 0 Å². The Bertz CT molecular complexity index is 590. The molecule has 0 amide bonds. The molecule has 0 aliphatic heterocycles. The standard InChI is InChI=1S/C19H25NO/c1-14-10-15(2)18(13-20(3)4)17(11-14)12-19(21)16-8-6-5-7-9-16/h5-11,19,21H,12-13H2,1-4H3/t19-/m0/s1. The first-order valence-corrected chi connectivity index (χ1v) is 7.44. The Morgan fingerprint density at radius 2 is 1.71 bits per heavy atom. The van der Waals surface area contributed by atoms with Crippen molar-refractivity contribution in [2.45, 2.75) is 32.9 Å². The molecule has 0 aliphatic rings. The molecule has 0 aromatic heterocycles. The topological polar surface area (TPSA) is 23.5 Å². The van der Waals surface area contributed by atoms with Gasteiger partial charge in [-0.15, -0.1) is 0 Å². The van der Waals surface area contributed by atoms with E-state index in [4.69, 9.17) is 0 Å². The zero-order valence-electron chi connectivity index (χ0n) is 13.4. The van der Waals surface area contributed by atoms with Crippen molar-refractivity contribution in [3.8, 4) is 0 Å². The van der Waals surface area contributed by atoms with Crippen molar-refractivity contribution >= 4 is 0 Å². The molecule has 2 nitrogen and oxygen atoms in total. The number of aliphatic hydroxyl groups excluding tert-OH is 1. The Morgan fingerprint density at radius 3 is 2.33 bits per heavy atom. The van der Waals surface area contributed by atoms with Crippen LogP contribution in [0, 0.1) is 13.8 Å². The SMILES string of the molecule is Cc1cc(C)c(CN(C)C)c(C[C@H](O)c2ccccc2)c1. The molecule has 0 aliphatic carbocycles. The van der Waals surface area contributed by atoms with Crippen LogP contribution >= 0.6 is 0 Å². The van der Waals surface area contributed by atoms with Crippen LogP contribution in [0.1, 0.15) is 33.9 Å². The van der Waals surface area contributed by atoms with Gasteiger partial charge in [0.2, 0.25) is 0 Å². The molecule has 0 saturated heterocycles. The molecule has 112 valence electrons. The number of hydrogen-bond acceptors (Lipinski definition) is 2. The van der Waals surface area contributed by atoms with Crippen LogP contribution in [0.15, 0.2) is 42.5 Å². The van der Waals surface area contributed by atoms with Crippen LogP contribution in [0.25, 0.3) is 0 Å². The van der Waals surface area contributed by atoms with E-state index in [1.165, 1.54) is 22.3 Å². The molecule has 0 heterocycles. The van der Waals surface area contributed by atoms with Crippen LogP contribution in [0.2, 0.25) is 0 Å². The van der Waals surface area contributed by atoms with Gasteiger partial charge in [-0.1, -0.05) is 48.0 Å². The van der Waals surface area contributed by atoms with E-state index in [-0.39, 0.29) is 0 Å². The maximum absolute atomic E-state index is 10.5. The average molecular weight is 283 g/mol. The third kappa shape index (κ3) is 4.16. The molecule has 0 fully saturated rings. The van der Waals surface area contributed by atoms with Gasteiger partial charge in [0.1, 0.15) is 0 Å². The lowest BCUT2D eigenvalue weighted by molar-refractivity contribution is 0.178. The van der Waals surface area contributed by atoms with Crippen LogP contribution < -0.4 is 0 Å². The highest BCUT2D eigenvalue weighted by atomic mass is 16.3. The van der Waals surface area contributed by atoms with Gasteiger partial charge in [0.25, 0.3) is 0 Å². The van der Waals surface area contributed by atoms with Crippen LogP contribution in [-0.4, -0.2) is 24.1 Å². The molecule has 1 N–H and O–H groups in total. The first kappa shape index (κ1) is 15.7. The summed E-state index contributed by atoms with van der Waals surface area (Å²) in [6.07, 6.45) is 0.212. The minimum Gasteiger partial charge on any atom is -0.388 e. The molecule has 0 bridgehead atoms. The highest BCUT2D eigenvalue weighted by Gasteiger charge is 2.14. The molecule has 0 saturated carbocycles. The zero-order chi connectivity index (χ0) is 15.4. The van der Waals surface area contributed by atoms with Crippen molar-refractivity contribution in [3.05, 3.63) is 70.3 Å². The number of rotatable bonds is 5. The van der Waals surface area contributed by atoms with E-state index in [0.717, 1.165) is 12.1 Å². The van der Waals surface area contributed by atoms with Gasteiger partial charge in [-0.25, -0.2) is 0 Å². The summed E-state index contributed by atoms with van der Waals surface area (Å²) < 4.78 is 0. The number of aliphatic hydroxyl groups is 1. The number of hydrogen-bond donors (Lipinski definition) is 1.